The van der Waals surface area contributed by atoms with Crippen molar-refractivity contribution in [1.82, 2.24) is 14.1 Å². The molecule has 0 N–H and O–H groups in total. The van der Waals surface area contributed by atoms with Crippen LogP contribution < -0.4 is 16.0 Å². The second kappa shape index (κ2) is 7.31. The van der Waals surface area contributed by atoms with Gasteiger partial charge in [0, 0.05) is 19.3 Å². The van der Waals surface area contributed by atoms with Crippen LogP contribution in [0.4, 0.5) is 8.78 Å². The van der Waals surface area contributed by atoms with E-state index in [1.54, 1.807) is 25.2 Å². The molecule has 4 rings (SSSR count). The van der Waals surface area contributed by atoms with E-state index in [9.17, 15) is 18.4 Å². The molecule has 0 fully saturated rings. The molecule has 0 atom stereocenters. The molecular weight excluding hydrogens is 380 g/mol. The Morgan fingerprint density at radius 2 is 1.76 bits per heavy atom. The first-order chi connectivity index (χ1) is 14.0. The number of aryl methyl sites for hydroxylation is 1. The van der Waals surface area contributed by atoms with E-state index < -0.39 is 22.9 Å². The number of benzene rings is 2. The zero-order valence-electron chi connectivity index (χ0n) is 15.3. The van der Waals surface area contributed by atoms with Crippen molar-refractivity contribution in [3.63, 3.8) is 0 Å². The minimum atomic E-state index is -0.714. The normalized spacial score (nSPS) is 11.0. The third kappa shape index (κ3) is 3.29. The van der Waals surface area contributed by atoms with Crippen LogP contribution in [-0.4, -0.2) is 14.1 Å². The largest absolute Gasteiger partial charge is 0.489 e. The van der Waals surface area contributed by atoms with Gasteiger partial charge < -0.3 is 4.74 Å². The van der Waals surface area contributed by atoms with Crippen molar-refractivity contribution >= 4 is 10.9 Å². The lowest BCUT2D eigenvalue weighted by molar-refractivity contribution is 0.292. The molecule has 0 aliphatic heterocycles. The van der Waals surface area contributed by atoms with Crippen LogP contribution in [0.25, 0.3) is 16.6 Å². The molecule has 0 amide bonds. The Morgan fingerprint density at radius 3 is 2.52 bits per heavy atom. The van der Waals surface area contributed by atoms with Crippen LogP contribution in [0, 0.1) is 11.6 Å². The first kappa shape index (κ1) is 18.5. The molecule has 0 bridgehead atoms. The van der Waals surface area contributed by atoms with Gasteiger partial charge in [-0.3, -0.25) is 14.3 Å². The Morgan fingerprint density at radius 1 is 1.03 bits per heavy atom. The lowest BCUT2D eigenvalue weighted by atomic mass is 10.2. The van der Waals surface area contributed by atoms with Gasteiger partial charge in [0.1, 0.15) is 24.0 Å². The van der Waals surface area contributed by atoms with Crippen LogP contribution in [0.1, 0.15) is 5.56 Å². The highest BCUT2D eigenvalue weighted by Crippen LogP contribution is 2.19. The molecule has 29 heavy (non-hydrogen) atoms. The molecule has 0 spiro atoms. The maximum atomic E-state index is 13.8. The summed E-state index contributed by atoms with van der Waals surface area (Å²) >= 11 is 0. The molecule has 0 saturated heterocycles. The fraction of sp³-hybridized carbons (Fsp3) is 0.0952. The van der Waals surface area contributed by atoms with Crippen molar-refractivity contribution in [1.29, 1.82) is 0 Å². The second-order valence-corrected chi connectivity index (χ2v) is 6.36. The lowest BCUT2D eigenvalue weighted by Crippen LogP contribution is -2.37. The van der Waals surface area contributed by atoms with E-state index in [1.165, 1.54) is 35.2 Å². The Kier molecular flexibility index (Phi) is 4.67. The van der Waals surface area contributed by atoms with Gasteiger partial charge in [-0.1, -0.05) is 12.1 Å². The molecule has 0 saturated carbocycles. The van der Waals surface area contributed by atoms with Crippen molar-refractivity contribution in [3.8, 4) is 11.4 Å². The predicted molar refractivity (Wildman–Crippen MR) is 103 cm³/mol. The third-order valence-electron chi connectivity index (χ3n) is 4.59. The summed E-state index contributed by atoms with van der Waals surface area (Å²) in [4.78, 5) is 29.6. The highest BCUT2D eigenvalue weighted by atomic mass is 19.1. The van der Waals surface area contributed by atoms with Gasteiger partial charge in [0.2, 0.25) is 0 Å². The highest BCUT2D eigenvalue weighted by Gasteiger charge is 2.14. The number of aromatic nitrogens is 3. The summed E-state index contributed by atoms with van der Waals surface area (Å²) in [5.74, 6) is -1.17. The van der Waals surface area contributed by atoms with E-state index in [1.807, 2.05) is 0 Å². The van der Waals surface area contributed by atoms with Gasteiger partial charge in [-0.2, -0.15) is 0 Å². The molecule has 0 radical (unpaired) electrons. The average molecular weight is 395 g/mol. The van der Waals surface area contributed by atoms with Crippen LogP contribution in [0.2, 0.25) is 0 Å². The molecule has 2 heterocycles. The zero-order valence-corrected chi connectivity index (χ0v) is 15.3. The number of nitrogens with zero attached hydrogens (tertiary/aromatic N) is 3. The van der Waals surface area contributed by atoms with E-state index in [0.29, 0.717) is 10.9 Å². The maximum Gasteiger partial charge on any atom is 0.335 e. The van der Waals surface area contributed by atoms with Crippen molar-refractivity contribution in [2.45, 2.75) is 6.61 Å². The molecule has 0 aliphatic carbocycles. The number of hydrogen-bond donors (Lipinski definition) is 0. The molecule has 8 heteroatoms. The number of ether oxygens (including phenoxy) is 1. The number of fused-ring (bicyclic) bond motifs is 1. The van der Waals surface area contributed by atoms with Crippen molar-refractivity contribution in [2.24, 2.45) is 7.05 Å². The van der Waals surface area contributed by atoms with Crippen LogP contribution >= 0.6 is 0 Å². The van der Waals surface area contributed by atoms with E-state index in [0.717, 1.165) is 16.7 Å². The summed E-state index contributed by atoms with van der Waals surface area (Å²) in [6.45, 7) is -0.335. The Labute approximate surface area is 163 Å². The molecule has 4 aromatic rings. The Hall–Kier alpha value is -3.81. The number of pyridine rings is 1. The summed E-state index contributed by atoms with van der Waals surface area (Å²) in [7, 11) is 1.55. The number of rotatable bonds is 4. The quantitative estimate of drug-likeness (QED) is 0.533. The Bertz CT molecular complexity index is 1330. The minimum absolute atomic E-state index is 0.204. The van der Waals surface area contributed by atoms with Crippen LogP contribution in [0.3, 0.4) is 0 Å². The molecule has 0 aliphatic rings. The van der Waals surface area contributed by atoms with Gasteiger partial charge in [-0.25, -0.2) is 18.1 Å². The fourth-order valence-electron chi connectivity index (χ4n) is 3.06. The van der Waals surface area contributed by atoms with Gasteiger partial charge in [-0.05, 0) is 30.3 Å². The summed E-state index contributed by atoms with van der Waals surface area (Å²) in [5.41, 5.74) is -0.554. The van der Waals surface area contributed by atoms with Crippen molar-refractivity contribution in [3.05, 3.63) is 99.0 Å². The van der Waals surface area contributed by atoms with Crippen LogP contribution in [0.5, 0.6) is 5.75 Å². The monoisotopic (exact) mass is 395 g/mol. The fourth-order valence-corrected chi connectivity index (χ4v) is 3.06. The summed E-state index contributed by atoms with van der Waals surface area (Å²) in [5, 5.41) is 0.335. The van der Waals surface area contributed by atoms with E-state index in [-0.39, 0.29) is 23.6 Å². The minimum Gasteiger partial charge on any atom is -0.489 e. The third-order valence-corrected chi connectivity index (χ3v) is 4.59. The standard InChI is InChI=1S/C21H15F2N3O3/c1-25-19-11-24-9-8-15(19)20(27)26(21(25)28)13-4-2-5-14(10-13)29-12-16-17(22)6-3-7-18(16)23/h2-11H,12H2,1H3. The lowest BCUT2D eigenvalue weighted by Gasteiger charge is -2.12. The van der Waals surface area contributed by atoms with Gasteiger partial charge in [-0.15, -0.1) is 0 Å². The van der Waals surface area contributed by atoms with Gasteiger partial charge in [0.25, 0.3) is 5.56 Å². The second-order valence-electron chi connectivity index (χ2n) is 6.36. The van der Waals surface area contributed by atoms with E-state index in [2.05, 4.69) is 4.98 Å². The van der Waals surface area contributed by atoms with E-state index in [4.69, 9.17) is 4.74 Å². The maximum absolute atomic E-state index is 13.8. The topological polar surface area (TPSA) is 66.1 Å². The van der Waals surface area contributed by atoms with Crippen LogP contribution in [-0.2, 0) is 13.7 Å². The molecular formula is C21H15F2N3O3. The zero-order chi connectivity index (χ0) is 20.5. The smallest absolute Gasteiger partial charge is 0.335 e. The van der Waals surface area contributed by atoms with E-state index >= 15 is 0 Å². The summed E-state index contributed by atoms with van der Waals surface area (Å²) < 4.78 is 35.4. The number of halogens is 2. The summed E-state index contributed by atoms with van der Waals surface area (Å²) in [6.07, 6.45) is 2.92. The molecule has 2 aromatic heterocycles. The average Bonchev–Trinajstić information content (AvgIpc) is 2.72. The molecule has 6 nitrogen and oxygen atoms in total. The van der Waals surface area contributed by atoms with Crippen LogP contribution in [0.15, 0.2) is 70.5 Å². The summed E-state index contributed by atoms with van der Waals surface area (Å²) in [6, 6.07) is 11.3. The molecule has 2 aromatic carbocycles. The highest BCUT2D eigenvalue weighted by molar-refractivity contribution is 5.77. The molecule has 0 unspecified atom stereocenters. The Balaban J connectivity index is 1.75. The molecule has 146 valence electrons. The van der Waals surface area contributed by atoms with Crippen molar-refractivity contribution in [2.75, 3.05) is 0 Å². The first-order valence-corrected chi connectivity index (χ1v) is 8.69. The van der Waals surface area contributed by atoms with Gasteiger partial charge in [0.05, 0.1) is 28.4 Å². The van der Waals surface area contributed by atoms with Gasteiger partial charge >= 0.3 is 5.69 Å². The predicted octanol–water partition coefficient (Wildman–Crippen LogP) is 2.94. The van der Waals surface area contributed by atoms with Crippen molar-refractivity contribution < 1.29 is 13.5 Å². The van der Waals surface area contributed by atoms with Gasteiger partial charge in [0.15, 0.2) is 0 Å². The first-order valence-electron chi connectivity index (χ1n) is 8.69. The SMILES string of the molecule is Cn1c(=O)n(-c2cccc(OCc3c(F)cccc3F)c2)c(=O)c2ccncc21. The number of hydrogen-bond acceptors (Lipinski definition) is 4.